The van der Waals surface area contributed by atoms with Crippen LogP contribution in [-0.2, 0) is 12.7 Å². The van der Waals surface area contributed by atoms with Crippen LogP contribution in [0.2, 0.25) is 0 Å². The van der Waals surface area contributed by atoms with Crippen molar-refractivity contribution < 1.29 is 37.3 Å². The van der Waals surface area contributed by atoms with Crippen LogP contribution < -0.4 is 25.4 Å². The van der Waals surface area contributed by atoms with Crippen molar-refractivity contribution in [1.82, 2.24) is 15.6 Å². The molecule has 3 rings (SSSR count). The Morgan fingerprint density at radius 2 is 1.76 bits per heavy atom. The number of hydrogen-bond acceptors (Lipinski definition) is 6. The number of aromatic nitrogens is 1. The van der Waals surface area contributed by atoms with Gasteiger partial charge in [0.15, 0.2) is 5.69 Å². The maximum Gasteiger partial charge on any atom is 0.416 e. The molecule has 0 aliphatic rings. The fourth-order valence-electron chi connectivity index (χ4n) is 3.19. The third kappa shape index (κ3) is 8.66. The molecule has 0 unspecified atom stereocenters. The van der Waals surface area contributed by atoms with Crippen LogP contribution in [0.4, 0.5) is 23.7 Å². The van der Waals surface area contributed by atoms with Gasteiger partial charge in [-0.1, -0.05) is 26.0 Å². The van der Waals surface area contributed by atoms with Crippen molar-refractivity contribution >= 4 is 17.7 Å². The number of nitrogens with zero attached hydrogens (tertiary/aromatic N) is 1. The number of halogens is 3. The number of benzene rings is 2. The maximum absolute atomic E-state index is 13.2. The molecule has 0 fully saturated rings. The molecule has 0 saturated carbocycles. The Morgan fingerprint density at radius 1 is 1.03 bits per heavy atom. The van der Waals surface area contributed by atoms with Gasteiger partial charge in [-0.2, -0.15) is 13.2 Å². The van der Waals surface area contributed by atoms with Gasteiger partial charge < -0.3 is 30.5 Å². The molecule has 202 valence electrons. The van der Waals surface area contributed by atoms with Gasteiger partial charge in [0, 0.05) is 31.4 Å². The number of anilines is 1. The number of carboxylic acid groups (broad SMARTS) is 1. The molecule has 12 heteroatoms. The van der Waals surface area contributed by atoms with E-state index in [0.717, 1.165) is 12.1 Å². The Labute approximate surface area is 217 Å². The van der Waals surface area contributed by atoms with Crippen LogP contribution in [0, 0.1) is 0 Å². The first-order valence-corrected chi connectivity index (χ1v) is 11.6. The highest BCUT2D eigenvalue weighted by Gasteiger charge is 2.31. The molecule has 1 heterocycles. The normalized spacial score (nSPS) is 11.2. The number of pyridine rings is 1. The number of aromatic carboxylic acids is 1. The summed E-state index contributed by atoms with van der Waals surface area (Å²) in [5.41, 5.74) is -0.492. The van der Waals surface area contributed by atoms with Crippen molar-refractivity contribution in [2.24, 2.45) is 0 Å². The van der Waals surface area contributed by atoms with Gasteiger partial charge in [-0.3, -0.25) is 0 Å². The van der Waals surface area contributed by atoms with E-state index in [0.29, 0.717) is 23.6 Å². The van der Waals surface area contributed by atoms with Gasteiger partial charge in [0.05, 0.1) is 11.3 Å². The number of hydrogen-bond donors (Lipinski definition) is 4. The fraction of sp³-hybridized carbons (Fsp3) is 0.269. The Bertz CT molecular complexity index is 1250. The van der Waals surface area contributed by atoms with Crippen molar-refractivity contribution in [3.05, 3.63) is 77.6 Å². The molecule has 0 aliphatic carbocycles. The van der Waals surface area contributed by atoms with Crippen LogP contribution in [0.3, 0.4) is 0 Å². The predicted molar refractivity (Wildman–Crippen MR) is 134 cm³/mol. The molecule has 38 heavy (non-hydrogen) atoms. The summed E-state index contributed by atoms with van der Waals surface area (Å²) in [7, 11) is 0. The minimum Gasteiger partial charge on any atom is -0.490 e. The molecular formula is C26H27F3N4O5. The van der Waals surface area contributed by atoms with Crippen LogP contribution in [-0.4, -0.2) is 41.3 Å². The first kappa shape index (κ1) is 28.3. The molecule has 0 bridgehead atoms. The number of ether oxygens (including phenoxy) is 2. The van der Waals surface area contributed by atoms with Gasteiger partial charge in [-0.05, 0) is 42.0 Å². The molecule has 0 atom stereocenters. The maximum atomic E-state index is 13.2. The minimum atomic E-state index is -4.58. The highest BCUT2D eigenvalue weighted by atomic mass is 19.4. The molecule has 2 amide bonds. The quantitative estimate of drug-likeness (QED) is 0.248. The average Bonchev–Trinajstić information content (AvgIpc) is 2.86. The van der Waals surface area contributed by atoms with Crippen LogP contribution >= 0.6 is 0 Å². The standard InChI is InChI=1S/C26H27F3N4O5/c1-16(2)30-11-12-37-23-8-5-18(26(27,28)29)13-21(23)33-25(36)32-15-17-3-6-19(7-4-17)38-20-9-10-31-22(14-20)24(34)35/h3-10,13-14,16,30H,11-12,15H2,1-2H3,(H,34,35)(H2,32,33,36). The lowest BCUT2D eigenvalue weighted by molar-refractivity contribution is -0.137. The summed E-state index contributed by atoms with van der Waals surface area (Å²) in [6.45, 7) is 4.66. The molecule has 9 nitrogen and oxygen atoms in total. The molecule has 1 aromatic heterocycles. The number of carbonyl (C=O) groups excluding carboxylic acids is 1. The highest BCUT2D eigenvalue weighted by molar-refractivity contribution is 5.91. The average molecular weight is 533 g/mol. The van der Waals surface area contributed by atoms with Crippen LogP contribution in [0.15, 0.2) is 60.8 Å². The number of alkyl halides is 3. The molecule has 0 radical (unpaired) electrons. The van der Waals surface area contributed by atoms with Gasteiger partial charge in [0.1, 0.15) is 23.9 Å². The summed E-state index contributed by atoms with van der Waals surface area (Å²) in [5.74, 6) is -0.343. The van der Waals surface area contributed by atoms with E-state index in [9.17, 15) is 22.8 Å². The zero-order valence-electron chi connectivity index (χ0n) is 20.6. The number of urea groups is 1. The van der Waals surface area contributed by atoms with Crippen molar-refractivity contribution in [3.8, 4) is 17.2 Å². The Hall–Kier alpha value is -4.32. The predicted octanol–water partition coefficient (Wildman–Crippen LogP) is 5.29. The van der Waals surface area contributed by atoms with Gasteiger partial charge >= 0.3 is 18.2 Å². The molecule has 3 aromatic rings. The number of nitrogens with one attached hydrogen (secondary N) is 3. The third-order valence-electron chi connectivity index (χ3n) is 5.03. The molecule has 2 aromatic carbocycles. The van der Waals surface area contributed by atoms with Gasteiger partial charge in [-0.15, -0.1) is 0 Å². The SMILES string of the molecule is CC(C)NCCOc1ccc(C(F)(F)F)cc1NC(=O)NCc1ccc(Oc2ccnc(C(=O)O)c2)cc1. The van der Waals surface area contributed by atoms with Crippen molar-refractivity contribution in [2.45, 2.75) is 32.6 Å². The van der Waals surface area contributed by atoms with Gasteiger partial charge in [0.25, 0.3) is 0 Å². The van der Waals surface area contributed by atoms with Crippen molar-refractivity contribution in [1.29, 1.82) is 0 Å². The smallest absolute Gasteiger partial charge is 0.416 e. The Balaban J connectivity index is 1.59. The van der Waals surface area contributed by atoms with Gasteiger partial charge in [-0.25, -0.2) is 14.6 Å². The monoisotopic (exact) mass is 532 g/mol. The summed E-state index contributed by atoms with van der Waals surface area (Å²) >= 11 is 0. The molecule has 0 spiro atoms. The molecule has 0 aliphatic heterocycles. The number of amides is 2. The van der Waals surface area contributed by atoms with E-state index in [1.807, 2.05) is 13.8 Å². The first-order valence-electron chi connectivity index (χ1n) is 11.6. The largest absolute Gasteiger partial charge is 0.490 e. The highest BCUT2D eigenvalue weighted by Crippen LogP contribution is 2.35. The van der Waals surface area contributed by atoms with E-state index in [4.69, 9.17) is 14.6 Å². The van der Waals surface area contributed by atoms with Crippen LogP contribution in [0.25, 0.3) is 0 Å². The summed E-state index contributed by atoms with van der Waals surface area (Å²) in [6, 6.07) is 11.8. The first-order chi connectivity index (χ1) is 18.0. The lowest BCUT2D eigenvalue weighted by atomic mass is 10.1. The second kappa shape index (κ2) is 12.8. The van der Waals surface area contributed by atoms with Crippen molar-refractivity contribution in [3.63, 3.8) is 0 Å². The third-order valence-corrected chi connectivity index (χ3v) is 5.03. The van der Waals surface area contributed by atoms with E-state index in [1.165, 1.54) is 24.4 Å². The second-order valence-corrected chi connectivity index (χ2v) is 8.40. The summed E-state index contributed by atoms with van der Waals surface area (Å²) in [5, 5.41) is 17.2. The Morgan fingerprint density at radius 3 is 2.42 bits per heavy atom. The van der Waals surface area contributed by atoms with E-state index in [1.54, 1.807) is 24.3 Å². The van der Waals surface area contributed by atoms with E-state index >= 15 is 0 Å². The number of rotatable bonds is 11. The van der Waals surface area contributed by atoms with Crippen molar-refractivity contribution in [2.75, 3.05) is 18.5 Å². The fourth-order valence-corrected chi connectivity index (χ4v) is 3.19. The molecule has 0 saturated heterocycles. The number of carbonyl (C=O) groups is 2. The van der Waals surface area contributed by atoms with Crippen LogP contribution in [0.1, 0.15) is 35.5 Å². The zero-order chi connectivity index (χ0) is 27.7. The second-order valence-electron chi connectivity index (χ2n) is 8.40. The Kier molecular flexibility index (Phi) is 9.49. The van der Waals surface area contributed by atoms with E-state index in [2.05, 4.69) is 20.9 Å². The minimum absolute atomic E-state index is 0.0813. The lowest BCUT2D eigenvalue weighted by Crippen LogP contribution is -2.29. The topological polar surface area (TPSA) is 122 Å². The van der Waals surface area contributed by atoms with Crippen LogP contribution in [0.5, 0.6) is 17.2 Å². The van der Waals surface area contributed by atoms with Gasteiger partial charge in [0.2, 0.25) is 0 Å². The lowest BCUT2D eigenvalue weighted by Gasteiger charge is -2.16. The summed E-state index contributed by atoms with van der Waals surface area (Å²) in [6.07, 6.45) is -3.26. The molecular weight excluding hydrogens is 505 g/mol. The number of carboxylic acids is 1. The molecule has 4 N–H and O–H groups in total. The zero-order valence-corrected chi connectivity index (χ0v) is 20.6. The summed E-state index contributed by atoms with van der Waals surface area (Å²) in [4.78, 5) is 27.2. The van der Waals surface area contributed by atoms with E-state index in [-0.39, 0.29) is 36.3 Å². The summed E-state index contributed by atoms with van der Waals surface area (Å²) < 4.78 is 50.8. The van der Waals surface area contributed by atoms with E-state index < -0.39 is 23.7 Å².